The predicted octanol–water partition coefficient (Wildman–Crippen LogP) is 2.18. The minimum Gasteiger partial charge on any atom is -0.353 e. The van der Waals surface area contributed by atoms with Crippen molar-refractivity contribution in [2.45, 2.75) is 32.2 Å². The number of hydrogen-bond acceptors (Lipinski definition) is 1. The van der Waals surface area contributed by atoms with Crippen molar-refractivity contribution in [2.24, 2.45) is 4.99 Å². The van der Waals surface area contributed by atoms with E-state index >= 15 is 0 Å². The normalized spacial score (nSPS) is 19.4. The van der Waals surface area contributed by atoms with Crippen molar-refractivity contribution < 1.29 is 0 Å². The van der Waals surface area contributed by atoms with Crippen LogP contribution in [-0.2, 0) is 6.42 Å². The Labute approximate surface area is 103 Å². The fraction of sp³-hybridized carbons (Fsp3) is 0.500. The molecular weight excluding hydrogens is 210 g/mol. The number of guanidine groups is 1. The second-order valence-corrected chi connectivity index (χ2v) is 4.75. The fourth-order valence-electron chi connectivity index (χ4n) is 2.33. The van der Waals surface area contributed by atoms with Gasteiger partial charge in [0.2, 0.25) is 0 Å². The summed E-state index contributed by atoms with van der Waals surface area (Å²) in [6, 6.07) is 9.30. The van der Waals surface area contributed by atoms with Crippen LogP contribution in [0.4, 0.5) is 5.69 Å². The van der Waals surface area contributed by atoms with Gasteiger partial charge >= 0.3 is 0 Å². The zero-order valence-electron chi connectivity index (χ0n) is 10.3. The van der Waals surface area contributed by atoms with Gasteiger partial charge in [0.25, 0.3) is 0 Å². The van der Waals surface area contributed by atoms with Crippen LogP contribution in [0, 0.1) is 0 Å². The van der Waals surface area contributed by atoms with E-state index in [4.69, 9.17) is 0 Å². The lowest BCUT2D eigenvalue weighted by atomic mass is 10.2. The number of anilines is 1. The third-order valence-electron chi connectivity index (χ3n) is 3.36. The number of nitrogens with zero attached hydrogens (tertiary/aromatic N) is 2. The lowest BCUT2D eigenvalue weighted by Crippen LogP contribution is -2.41. The monoisotopic (exact) mass is 229 g/mol. The Balaban J connectivity index is 1.85. The lowest BCUT2D eigenvalue weighted by Gasteiger charge is -2.22. The Bertz CT molecular complexity index is 435. The largest absolute Gasteiger partial charge is 0.353 e. The Morgan fingerprint density at radius 2 is 2.24 bits per heavy atom. The van der Waals surface area contributed by atoms with Crippen molar-refractivity contribution in [2.75, 3.05) is 18.0 Å². The molecule has 1 aliphatic heterocycles. The Morgan fingerprint density at radius 1 is 1.41 bits per heavy atom. The maximum atomic E-state index is 4.62. The summed E-state index contributed by atoms with van der Waals surface area (Å²) >= 11 is 0. The van der Waals surface area contributed by atoms with Crippen LogP contribution in [0.1, 0.15) is 25.3 Å². The molecule has 1 N–H and O–H groups in total. The first-order valence-corrected chi connectivity index (χ1v) is 6.55. The molecule has 0 amide bonds. The van der Waals surface area contributed by atoms with E-state index in [2.05, 4.69) is 46.4 Å². The summed E-state index contributed by atoms with van der Waals surface area (Å²) < 4.78 is 0. The number of aliphatic imine (C=N–C) groups is 1. The molecule has 3 rings (SSSR count). The summed E-state index contributed by atoms with van der Waals surface area (Å²) in [5.74, 6) is 1.07. The van der Waals surface area contributed by atoms with Gasteiger partial charge in [0.15, 0.2) is 5.96 Å². The van der Waals surface area contributed by atoms with Crippen molar-refractivity contribution in [1.29, 1.82) is 0 Å². The minimum atomic E-state index is 0.660. The van der Waals surface area contributed by atoms with E-state index < -0.39 is 0 Å². The summed E-state index contributed by atoms with van der Waals surface area (Å²) in [6.45, 7) is 3.99. The summed E-state index contributed by atoms with van der Waals surface area (Å²) in [7, 11) is 0. The summed E-state index contributed by atoms with van der Waals surface area (Å²) in [5, 5.41) is 3.55. The Hall–Kier alpha value is -1.51. The molecule has 2 aliphatic rings. The van der Waals surface area contributed by atoms with Crippen LogP contribution >= 0.6 is 0 Å². The second kappa shape index (κ2) is 4.40. The molecule has 0 aromatic heterocycles. The Kier molecular flexibility index (Phi) is 2.75. The fourth-order valence-corrected chi connectivity index (χ4v) is 2.33. The standard InChI is InChI=1S/C14H19N3/c1-2-15-14(16-12-7-8-12)17-10-9-11-5-3-4-6-13(11)17/h3-6,12H,2,7-10H2,1H3,(H,15,16). The maximum absolute atomic E-state index is 4.62. The van der Waals surface area contributed by atoms with E-state index in [1.165, 1.54) is 24.1 Å². The molecule has 3 heteroatoms. The highest BCUT2D eigenvalue weighted by Crippen LogP contribution is 2.28. The molecule has 1 aromatic rings. The van der Waals surface area contributed by atoms with E-state index in [1.807, 2.05) is 0 Å². The van der Waals surface area contributed by atoms with Gasteiger partial charge in [-0.3, -0.25) is 4.99 Å². The van der Waals surface area contributed by atoms with Crippen LogP contribution in [0.5, 0.6) is 0 Å². The molecule has 0 atom stereocenters. The first kappa shape index (κ1) is 10.6. The smallest absolute Gasteiger partial charge is 0.198 e. The minimum absolute atomic E-state index is 0.660. The van der Waals surface area contributed by atoms with Crippen molar-refractivity contribution in [3.8, 4) is 0 Å². The Morgan fingerprint density at radius 3 is 3.00 bits per heavy atom. The number of nitrogens with one attached hydrogen (secondary N) is 1. The van der Waals surface area contributed by atoms with Gasteiger partial charge in [-0.25, -0.2) is 0 Å². The summed E-state index contributed by atoms with van der Waals surface area (Å²) in [5.41, 5.74) is 2.77. The number of para-hydroxylation sites is 1. The van der Waals surface area contributed by atoms with Crippen LogP contribution in [0.15, 0.2) is 29.3 Å². The van der Waals surface area contributed by atoms with Gasteiger partial charge in [0, 0.05) is 24.8 Å². The van der Waals surface area contributed by atoms with Crippen LogP contribution in [-0.4, -0.2) is 25.1 Å². The first-order chi connectivity index (χ1) is 8.38. The molecule has 90 valence electrons. The van der Waals surface area contributed by atoms with E-state index in [-0.39, 0.29) is 0 Å². The first-order valence-electron chi connectivity index (χ1n) is 6.55. The molecule has 1 aliphatic carbocycles. The lowest BCUT2D eigenvalue weighted by molar-refractivity contribution is 0.853. The quantitative estimate of drug-likeness (QED) is 0.622. The molecule has 0 bridgehead atoms. The number of rotatable bonds is 2. The molecule has 1 saturated carbocycles. The van der Waals surface area contributed by atoms with Crippen LogP contribution in [0.25, 0.3) is 0 Å². The van der Waals surface area contributed by atoms with Gasteiger partial charge in [0.05, 0.1) is 0 Å². The van der Waals surface area contributed by atoms with Crippen LogP contribution in [0.3, 0.4) is 0 Å². The number of hydrogen-bond donors (Lipinski definition) is 1. The molecule has 1 aromatic carbocycles. The second-order valence-electron chi connectivity index (χ2n) is 4.75. The molecule has 1 fully saturated rings. The highest BCUT2D eigenvalue weighted by atomic mass is 15.3. The zero-order chi connectivity index (χ0) is 11.7. The van der Waals surface area contributed by atoms with E-state index in [9.17, 15) is 0 Å². The van der Waals surface area contributed by atoms with E-state index in [0.717, 1.165) is 25.5 Å². The topological polar surface area (TPSA) is 27.6 Å². The average Bonchev–Trinajstić information content (AvgIpc) is 3.07. The number of fused-ring (bicyclic) bond motifs is 1. The SMILES string of the molecule is CCN=C(NC1CC1)N1CCc2ccccc21. The van der Waals surface area contributed by atoms with Gasteiger partial charge < -0.3 is 10.2 Å². The molecule has 0 radical (unpaired) electrons. The average molecular weight is 229 g/mol. The van der Waals surface area contributed by atoms with Gasteiger partial charge in [-0.2, -0.15) is 0 Å². The summed E-state index contributed by atoms with van der Waals surface area (Å²) in [4.78, 5) is 6.95. The maximum Gasteiger partial charge on any atom is 0.198 e. The third kappa shape index (κ3) is 2.14. The molecular formula is C14H19N3. The van der Waals surface area contributed by atoms with E-state index in [0.29, 0.717) is 6.04 Å². The van der Waals surface area contributed by atoms with Crippen LogP contribution in [0.2, 0.25) is 0 Å². The van der Waals surface area contributed by atoms with Crippen molar-refractivity contribution >= 4 is 11.6 Å². The van der Waals surface area contributed by atoms with E-state index in [1.54, 1.807) is 0 Å². The molecule has 1 heterocycles. The summed E-state index contributed by atoms with van der Waals surface area (Å²) in [6.07, 6.45) is 3.71. The molecule has 17 heavy (non-hydrogen) atoms. The molecule has 0 spiro atoms. The van der Waals surface area contributed by atoms with Crippen molar-refractivity contribution in [1.82, 2.24) is 5.32 Å². The van der Waals surface area contributed by atoms with Gasteiger partial charge in [-0.1, -0.05) is 18.2 Å². The third-order valence-corrected chi connectivity index (χ3v) is 3.36. The predicted molar refractivity (Wildman–Crippen MR) is 71.6 cm³/mol. The van der Waals surface area contributed by atoms with Gasteiger partial charge in [-0.05, 0) is 37.8 Å². The van der Waals surface area contributed by atoms with Gasteiger partial charge in [0.1, 0.15) is 0 Å². The zero-order valence-corrected chi connectivity index (χ0v) is 10.3. The molecule has 3 nitrogen and oxygen atoms in total. The number of benzene rings is 1. The molecule has 0 unspecified atom stereocenters. The molecule has 0 saturated heterocycles. The highest BCUT2D eigenvalue weighted by molar-refractivity contribution is 5.98. The van der Waals surface area contributed by atoms with Crippen molar-refractivity contribution in [3.05, 3.63) is 29.8 Å². The van der Waals surface area contributed by atoms with Crippen molar-refractivity contribution in [3.63, 3.8) is 0 Å². The van der Waals surface area contributed by atoms with Crippen LogP contribution < -0.4 is 10.2 Å². The van der Waals surface area contributed by atoms with Gasteiger partial charge in [-0.15, -0.1) is 0 Å². The highest BCUT2D eigenvalue weighted by Gasteiger charge is 2.28.